The fraction of sp³-hybridized carbons (Fsp3) is 0.615. The van der Waals surface area contributed by atoms with E-state index in [0.717, 1.165) is 122 Å². The van der Waals surface area contributed by atoms with Crippen LogP contribution in [0.15, 0.2) is 134 Å². The smallest absolute Gasteiger partial charge is 0.306 e. The standard InChI is InChI=1S/C65H104O6/c1-4-7-10-13-16-19-22-25-27-29-30-31-32-33-34-36-37-40-43-46-49-52-55-58-64(67)70-61-62(60-69-63(66)57-54-51-48-45-42-39-24-21-18-15-12-9-6-3)71-65(68)59-56-53-50-47-44-41-38-35-28-26-23-20-17-14-11-8-5-2/h8-9,11-12,17-18,20-22,25-26,28-30,32-33,38-39,41-42,47,50,62H,4-7,10,13-16,19,23-24,27,31,34-37,40,43-46,48-49,51-61H2,1-3H3/b11-8-,12-9-,20-17-,21-18-,25-22-,28-26-,30-29-,33-32-,41-38-,42-39-,50-47-. The molecule has 0 saturated heterocycles. The van der Waals surface area contributed by atoms with Crippen LogP contribution in [0.3, 0.4) is 0 Å². The van der Waals surface area contributed by atoms with Crippen LogP contribution in [0, 0.1) is 0 Å². The first-order valence-corrected chi connectivity index (χ1v) is 28.7. The molecular formula is C65H104O6. The Kier molecular flexibility index (Phi) is 54.5. The molecule has 0 aliphatic heterocycles. The Bertz CT molecular complexity index is 1550. The summed E-state index contributed by atoms with van der Waals surface area (Å²) in [5.41, 5.74) is 0. The van der Waals surface area contributed by atoms with Crippen LogP contribution >= 0.6 is 0 Å². The van der Waals surface area contributed by atoms with E-state index in [9.17, 15) is 14.4 Å². The third-order valence-corrected chi connectivity index (χ3v) is 11.6. The zero-order valence-corrected chi connectivity index (χ0v) is 45.7. The van der Waals surface area contributed by atoms with Crippen LogP contribution in [-0.2, 0) is 28.6 Å². The predicted octanol–water partition coefficient (Wildman–Crippen LogP) is 19.4. The second-order valence-electron chi connectivity index (χ2n) is 18.4. The lowest BCUT2D eigenvalue weighted by molar-refractivity contribution is -0.167. The van der Waals surface area contributed by atoms with E-state index in [0.29, 0.717) is 19.3 Å². The Balaban J connectivity index is 4.48. The SMILES string of the molecule is CC/C=C\C/C=C\C/C=C\C/C=C\C/C=C\CCCC(=O)OC(COC(=O)CCCCC/C=C\C/C=C\C/C=C\CC)COC(=O)CCCCCCCCCC/C=C\C/C=C\C/C=C\CCCCCCC. The molecule has 0 heterocycles. The van der Waals surface area contributed by atoms with Crippen LogP contribution in [0.2, 0.25) is 0 Å². The summed E-state index contributed by atoms with van der Waals surface area (Å²) in [6, 6.07) is 0. The number of hydrogen-bond donors (Lipinski definition) is 0. The predicted molar refractivity (Wildman–Crippen MR) is 306 cm³/mol. The molecule has 0 fully saturated rings. The molecule has 71 heavy (non-hydrogen) atoms. The average molecular weight is 982 g/mol. The Morgan fingerprint density at radius 1 is 0.296 bits per heavy atom. The molecule has 0 aromatic rings. The maximum Gasteiger partial charge on any atom is 0.306 e. The number of esters is 3. The number of carbonyl (C=O) groups excluding carboxylic acids is 3. The summed E-state index contributed by atoms with van der Waals surface area (Å²) in [7, 11) is 0. The summed E-state index contributed by atoms with van der Waals surface area (Å²) in [4.78, 5) is 38.1. The van der Waals surface area contributed by atoms with Gasteiger partial charge in [-0.1, -0.05) is 225 Å². The van der Waals surface area contributed by atoms with Crippen LogP contribution in [0.25, 0.3) is 0 Å². The molecule has 0 amide bonds. The van der Waals surface area contributed by atoms with Crippen molar-refractivity contribution >= 4 is 17.9 Å². The van der Waals surface area contributed by atoms with Crippen LogP contribution in [0.1, 0.15) is 239 Å². The first-order chi connectivity index (χ1) is 35.0. The van der Waals surface area contributed by atoms with Gasteiger partial charge in [-0.2, -0.15) is 0 Å². The average Bonchev–Trinajstić information content (AvgIpc) is 3.37. The van der Waals surface area contributed by atoms with Gasteiger partial charge in [0.05, 0.1) is 0 Å². The summed E-state index contributed by atoms with van der Waals surface area (Å²) in [5.74, 6) is -1.02. The summed E-state index contributed by atoms with van der Waals surface area (Å²) >= 11 is 0. The zero-order valence-electron chi connectivity index (χ0n) is 45.7. The first-order valence-electron chi connectivity index (χ1n) is 28.7. The number of ether oxygens (including phenoxy) is 3. The van der Waals surface area contributed by atoms with Gasteiger partial charge in [-0.15, -0.1) is 0 Å². The Morgan fingerprint density at radius 2 is 0.563 bits per heavy atom. The molecule has 0 rings (SSSR count). The molecular weight excluding hydrogens is 877 g/mol. The molecule has 1 unspecified atom stereocenters. The minimum absolute atomic E-state index is 0.119. The second-order valence-corrected chi connectivity index (χ2v) is 18.4. The lowest BCUT2D eigenvalue weighted by Gasteiger charge is -2.18. The van der Waals surface area contributed by atoms with Crippen molar-refractivity contribution in [3.63, 3.8) is 0 Å². The minimum Gasteiger partial charge on any atom is -0.462 e. The van der Waals surface area contributed by atoms with Crippen molar-refractivity contribution in [2.45, 2.75) is 245 Å². The van der Waals surface area contributed by atoms with Gasteiger partial charge < -0.3 is 14.2 Å². The van der Waals surface area contributed by atoms with Gasteiger partial charge in [0.2, 0.25) is 0 Å². The van der Waals surface area contributed by atoms with Gasteiger partial charge in [0.15, 0.2) is 6.10 Å². The summed E-state index contributed by atoms with van der Waals surface area (Å²) in [6.07, 6.45) is 81.7. The van der Waals surface area contributed by atoms with Crippen molar-refractivity contribution in [2.24, 2.45) is 0 Å². The van der Waals surface area contributed by atoms with E-state index < -0.39 is 6.10 Å². The molecule has 0 radical (unpaired) electrons. The number of unbranched alkanes of at least 4 members (excludes halogenated alkanes) is 17. The number of allylic oxidation sites excluding steroid dienone is 22. The Hall–Kier alpha value is -4.45. The second kappa shape index (κ2) is 58.1. The number of rotatable bonds is 50. The van der Waals surface area contributed by atoms with E-state index in [2.05, 4.69) is 154 Å². The monoisotopic (exact) mass is 981 g/mol. The van der Waals surface area contributed by atoms with Crippen molar-refractivity contribution in [3.05, 3.63) is 134 Å². The van der Waals surface area contributed by atoms with E-state index in [1.165, 1.54) is 70.6 Å². The molecule has 0 aliphatic rings. The fourth-order valence-electron chi connectivity index (χ4n) is 7.38. The maximum absolute atomic E-state index is 12.8. The van der Waals surface area contributed by atoms with Crippen molar-refractivity contribution in [1.82, 2.24) is 0 Å². The van der Waals surface area contributed by atoms with Crippen molar-refractivity contribution in [2.75, 3.05) is 13.2 Å². The van der Waals surface area contributed by atoms with Gasteiger partial charge in [-0.05, 0) is 128 Å². The third-order valence-electron chi connectivity index (χ3n) is 11.6. The molecule has 0 aromatic heterocycles. The molecule has 0 aromatic carbocycles. The van der Waals surface area contributed by atoms with Crippen LogP contribution in [0.5, 0.6) is 0 Å². The first kappa shape index (κ1) is 66.6. The topological polar surface area (TPSA) is 78.9 Å². The maximum atomic E-state index is 12.8. The van der Waals surface area contributed by atoms with Crippen molar-refractivity contribution < 1.29 is 28.6 Å². The molecule has 0 spiro atoms. The van der Waals surface area contributed by atoms with Crippen molar-refractivity contribution in [3.8, 4) is 0 Å². The van der Waals surface area contributed by atoms with Gasteiger partial charge >= 0.3 is 17.9 Å². The summed E-state index contributed by atoms with van der Waals surface area (Å²) < 4.78 is 16.8. The lowest BCUT2D eigenvalue weighted by atomic mass is 10.1. The van der Waals surface area contributed by atoms with E-state index in [1.54, 1.807) is 0 Å². The summed E-state index contributed by atoms with van der Waals surface area (Å²) in [5, 5.41) is 0. The van der Waals surface area contributed by atoms with Crippen molar-refractivity contribution in [1.29, 1.82) is 0 Å². The molecule has 6 heteroatoms. The van der Waals surface area contributed by atoms with Gasteiger partial charge in [-0.3, -0.25) is 14.4 Å². The van der Waals surface area contributed by atoms with Crippen LogP contribution in [0.4, 0.5) is 0 Å². The molecule has 1 atom stereocenters. The molecule has 0 saturated carbocycles. The van der Waals surface area contributed by atoms with Gasteiger partial charge in [0.1, 0.15) is 13.2 Å². The highest BCUT2D eigenvalue weighted by atomic mass is 16.6. The lowest BCUT2D eigenvalue weighted by Crippen LogP contribution is -2.30. The van der Waals surface area contributed by atoms with Gasteiger partial charge in [-0.25, -0.2) is 0 Å². The molecule has 0 bridgehead atoms. The van der Waals surface area contributed by atoms with E-state index >= 15 is 0 Å². The highest BCUT2D eigenvalue weighted by Crippen LogP contribution is 2.13. The molecule has 400 valence electrons. The van der Waals surface area contributed by atoms with Crippen LogP contribution in [-0.4, -0.2) is 37.2 Å². The normalized spacial score (nSPS) is 13.1. The largest absolute Gasteiger partial charge is 0.462 e. The zero-order chi connectivity index (χ0) is 51.4. The number of carbonyl (C=O) groups is 3. The van der Waals surface area contributed by atoms with Crippen LogP contribution < -0.4 is 0 Å². The number of hydrogen-bond acceptors (Lipinski definition) is 6. The molecule has 0 aliphatic carbocycles. The van der Waals surface area contributed by atoms with E-state index in [-0.39, 0.29) is 37.5 Å². The highest BCUT2D eigenvalue weighted by molar-refractivity contribution is 5.71. The van der Waals surface area contributed by atoms with Gasteiger partial charge in [0, 0.05) is 19.3 Å². The Labute approximate surface area is 436 Å². The Morgan fingerprint density at radius 3 is 0.915 bits per heavy atom. The highest BCUT2D eigenvalue weighted by Gasteiger charge is 2.19. The van der Waals surface area contributed by atoms with E-state index in [4.69, 9.17) is 14.2 Å². The fourth-order valence-corrected chi connectivity index (χ4v) is 7.38. The minimum atomic E-state index is -0.828. The van der Waals surface area contributed by atoms with E-state index in [1.807, 2.05) is 0 Å². The van der Waals surface area contributed by atoms with Gasteiger partial charge in [0.25, 0.3) is 0 Å². The summed E-state index contributed by atoms with van der Waals surface area (Å²) in [6.45, 7) is 6.31. The molecule has 0 N–H and O–H groups in total. The third kappa shape index (κ3) is 56.3. The quantitative estimate of drug-likeness (QED) is 0.0262. The molecule has 6 nitrogen and oxygen atoms in total.